The van der Waals surface area contributed by atoms with Gasteiger partial charge in [0.15, 0.2) is 20.9 Å². The van der Waals surface area contributed by atoms with Gasteiger partial charge in [0.05, 0.1) is 17.7 Å². The highest BCUT2D eigenvalue weighted by Crippen LogP contribution is 2.42. The fraction of sp³-hybridized carbons (Fsp3) is 0.481. The zero-order valence-corrected chi connectivity index (χ0v) is 22.2. The molecule has 3 heterocycles. The van der Waals surface area contributed by atoms with E-state index in [1.165, 1.54) is 0 Å². The number of fused-ring (bicyclic) bond motifs is 2. The second kappa shape index (κ2) is 9.16. The van der Waals surface area contributed by atoms with E-state index in [2.05, 4.69) is 33.9 Å². The molecule has 2 saturated heterocycles. The van der Waals surface area contributed by atoms with Crippen molar-refractivity contribution in [1.29, 1.82) is 0 Å². The first-order valence-electron chi connectivity index (χ1n) is 12.3. The fourth-order valence-electron chi connectivity index (χ4n) is 4.67. The smallest absolute Gasteiger partial charge is 0.262 e. The molecule has 0 aliphatic carbocycles. The summed E-state index contributed by atoms with van der Waals surface area (Å²) in [6.45, 7) is 10.6. The van der Waals surface area contributed by atoms with E-state index >= 15 is 0 Å². The second-order valence-electron chi connectivity index (χ2n) is 11.1. The number of hydrogen-bond acceptors (Lipinski definition) is 7. The Balaban J connectivity index is 1.50. The molecule has 0 radical (unpaired) electrons. The minimum Gasteiger partial charge on any atom is -0.391 e. The summed E-state index contributed by atoms with van der Waals surface area (Å²) in [5.74, 6) is -0.950. The monoisotopic (exact) mass is 511 g/mol. The van der Waals surface area contributed by atoms with Crippen LogP contribution in [-0.2, 0) is 18.6 Å². The Labute approximate surface area is 212 Å². The Hall–Kier alpha value is -2.40. The lowest BCUT2D eigenvalue weighted by atomic mass is 9.94. The van der Waals surface area contributed by atoms with Gasteiger partial charge in [0, 0.05) is 5.56 Å². The zero-order chi connectivity index (χ0) is 25.8. The molecule has 0 bridgehead atoms. The Morgan fingerprint density at radius 3 is 2.11 bits per heavy atom. The molecule has 0 spiro atoms. The van der Waals surface area contributed by atoms with Gasteiger partial charge in [0.2, 0.25) is 0 Å². The lowest BCUT2D eigenvalue weighted by Gasteiger charge is -2.51. The van der Waals surface area contributed by atoms with Crippen LogP contribution in [0.25, 0.3) is 0 Å². The summed E-state index contributed by atoms with van der Waals surface area (Å²) in [6.07, 6.45) is -4.41. The summed E-state index contributed by atoms with van der Waals surface area (Å²) in [6, 6.07) is 15.0. The molecule has 8 nitrogen and oxygen atoms in total. The van der Waals surface area contributed by atoms with Gasteiger partial charge in [0.1, 0.15) is 24.4 Å². The van der Waals surface area contributed by atoms with Crippen LogP contribution in [0.3, 0.4) is 0 Å². The van der Waals surface area contributed by atoms with Gasteiger partial charge in [-0.25, -0.2) is 0 Å². The zero-order valence-electron chi connectivity index (χ0n) is 21.2. The lowest BCUT2D eigenvalue weighted by Crippen LogP contribution is -2.69. The third-order valence-corrected chi connectivity index (χ3v) is 12.2. The van der Waals surface area contributed by atoms with Crippen molar-refractivity contribution in [3.8, 4) is 0 Å². The number of rotatable bonds is 4. The van der Waals surface area contributed by atoms with Crippen molar-refractivity contribution in [2.75, 3.05) is 6.61 Å². The first-order valence-corrected chi connectivity index (χ1v) is 15.2. The van der Waals surface area contributed by atoms with E-state index in [9.17, 15) is 14.7 Å². The fourth-order valence-corrected chi connectivity index (χ4v) is 5.80. The Morgan fingerprint density at radius 2 is 1.53 bits per heavy atom. The summed E-state index contributed by atoms with van der Waals surface area (Å²) in [5.41, 5.74) is 1.41. The maximum atomic E-state index is 13.4. The quantitative estimate of drug-likeness (QED) is 0.492. The van der Waals surface area contributed by atoms with Crippen molar-refractivity contribution in [2.24, 2.45) is 0 Å². The van der Waals surface area contributed by atoms with Gasteiger partial charge in [-0.15, -0.1) is 0 Å². The predicted octanol–water partition coefficient (Wildman–Crippen LogP) is 3.87. The van der Waals surface area contributed by atoms with Gasteiger partial charge in [-0.2, -0.15) is 0 Å². The summed E-state index contributed by atoms with van der Waals surface area (Å²) in [7, 11) is -2.43. The third kappa shape index (κ3) is 4.23. The first-order chi connectivity index (χ1) is 17.0. The summed E-state index contributed by atoms with van der Waals surface area (Å²) in [5, 5.41) is 11.5. The molecule has 3 aliphatic heterocycles. The largest absolute Gasteiger partial charge is 0.391 e. The molecule has 36 heavy (non-hydrogen) atoms. The average molecular weight is 512 g/mol. The van der Waals surface area contributed by atoms with Crippen molar-refractivity contribution < 1.29 is 33.3 Å². The molecular weight excluding hydrogens is 478 g/mol. The van der Waals surface area contributed by atoms with E-state index in [-0.39, 0.29) is 11.6 Å². The van der Waals surface area contributed by atoms with E-state index in [0.29, 0.717) is 11.1 Å². The van der Waals surface area contributed by atoms with E-state index in [0.717, 1.165) is 10.5 Å². The van der Waals surface area contributed by atoms with Gasteiger partial charge in [-0.05, 0) is 30.3 Å². The lowest BCUT2D eigenvalue weighted by molar-refractivity contribution is -0.340. The maximum absolute atomic E-state index is 13.4. The van der Waals surface area contributed by atoms with Crippen LogP contribution in [0, 0.1) is 0 Å². The standard InChI is InChI=1S/C27H33NO7Si/c1-27(2,3)36(4,5)35-26-20(28-23(30)17-13-9-10-14-18(17)24(28)31)21(29)22-19(33-26)15-32-25(34-22)16-11-7-6-8-12-16/h6-14,19-22,25-26,29H,15H2,1-5H3/t19-,20-,21-,22-,25?,26+/m1/s1. The Bertz CT molecular complexity index is 1110. The van der Waals surface area contributed by atoms with E-state index in [1.54, 1.807) is 24.3 Å². The van der Waals surface area contributed by atoms with Crippen molar-refractivity contribution in [3.63, 3.8) is 0 Å². The Kier molecular flexibility index (Phi) is 6.43. The number of aliphatic hydroxyl groups excluding tert-OH is 1. The highest BCUT2D eigenvalue weighted by molar-refractivity contribution is 6.74. The minimum absolute atomic E-state index is 0.164. The number of nitrogens with zero attached hydrogens (tertiary/aromatic N) is 1. The highest BCUT2D eigenvalue weighted by Gasteiger charge is 2.57. The normalized spacial score (nSPS) is 30.8. The SMILES string of the molecule is CC(C)(C)[Si](C)(C)O[C@@H]1O[C@@H]2COC(c3ccccc3)O[C@H]2[C@H](O)[C@H]1N1C(=O)c2ccccc2C1=O. The van der Waals surface area contributed by atoms with E-state index < -0.39 is 57.1 Å². The molecule has 0 aromatic heterocycles. The highest BCUT2D eigenvalue weighted by atomic mass is 28.4. The molecule has 2 amide bonds. The average Bonchev–Trinajstić information content (AvgIpc) is 3.09. The molecule has 1 N–H and O–H groups in total. The summed E-state index contributed by atoms with van der Waals surface area (Å²) >= 11 is 0. The molecule has 2 aromatic carbocycles. The maximum Gasteiger partial charge on any atom is 0.262 e. The number of imide groups is 1. The molecule has 1 unspecified atom stereocenters. The van der Waals surface area contributed by atoms with Gasteiger partial charge in [-0.3, -0.25) is 14.5 Å². The van der Waals surface area contributed by atoms with Crippen LogP contribution >= 0.6 is 0 Å². The van der Waals surface area contributed by atoms with Gasteiger partial charge >= 0.3 is 0 Å². The summed E-state index contributed by atoms with van der Waals surface area (Å²) in [4.78, 5) is 28.0. The van der Waals surface area contributed by atoms with Crippen molar-refractivity contribution >= 4 is 20.1 Å². The number of amides is 2. The molecule has 2 fully saturated rings. The molecule has 3 aliphatic rings. The molecule has 192 valence electrons. The van der Waals surface area contributed by atoms with Crippen molar-refractivity contribution in [1.82, 2.24) is 4.90 Å². The van der Waals surface area contributed by atoms with Gasteiger partial charge in [-0.1, -0.05) is 63.2 Å². The van der Waals surface area contributed by atoms with Gasteiger partial charge < -0.3 is 23.7 Å². The molecule has 9 heteroatoms. The molecule has 5 rings (SSSR count). The number of benzene rings is 2. The first kappa shape index (κ1) is 25.3. The molecule has 6 atom stereocenters. The number of aliphatic hydroxyl groups is 1. The minimum atomic E-state index is -2.43. The second-order valence-corrected chi connectivity index (χ2v) is 15.9. The molecule has 2 aromatic rings. The van der Waals surface area contributed by atoms with Crippen molar-refractivity contribution in [3.05, 3.63) is 71.3 Å². The van der Waals surface area contributed by atoms with Crippen LogP contribution in [-0.4, -0.2) is 67.4 Å². The summed E-state index contributed by atoms with van der Waals surface area (Å²) < 4.78 is 25.1. The third-order valence-electron chi connectivity index (χ3n) is 7.75. The topological polar surface area (TPSA) is 94.5 Å². The van der Waals surface area contributed by atoms with Crippen LogP contribution in [0.4, 0.5) is 0 Å². The Morgan fingerprint density at radius 1 is 0.944 bits per heavy atom. The van der Waals surface area contributed by atoms with E-state index in [4.69, 9.17) is 18.6 Å². The van der Waals surface area contributed by atoms with Gasteiger partial charge in [0.25, 0.3) is 11.8 Å². The predicted molar refractivity (Wildman–Crippen MR) is 134 cm³/mol. The number of hydrogen-bond donors (Lipinski definition) is 1. The van der Waals surface area contributed by atoms with Crippen LogP contribution in [0.2, 0.25) is 18.1 Å². The number of carbonyl (C=O) groups excluding carboxylic acids is 2. The molecule has 0 saturated carbocycles. The van der Waals surface area contributed by atoms with Crippen LogP contribution < -0.4 is 0 Å². The number of ether oxygens (including phenoxy) is 3. The van der Waals surface area contributed by atoms with Crippen LogP contribution in [0.5, 0.6) is 0 Å². The van der Waals surface area contributed by atoms with E-state index in [1.807, 2.05) is 30.3 Å². The number of carbonyl (C=O) groups is 2. The van der Waals surface area contributed by atoms with Crippen molar-refractivity contribution in [2.45, 2.75) is 75.8 Å². The van der Waals surface area contributed by atoms with Crippen LogP contribution in [0.1, 0.15) is 53.3 Å². The molecular formula is C27H33NO7Si. The van der Waals surface area contributed by atoms with Crippen LogP contribution in [0.15, 0.2) is 54.6 Å².